The highest BCUT2D eigenvalue weighted by molar-refractivity contribution is 5.95. The first-order valence-corrected chi connectivity index (χ1v) is 6.15. The van der Waals surface area contributed by atoms with Crippen molar-refractivity contribution in [2.45, 2.75) is 13.8 Å². The number of aryl methyl sites for hydroxylation is 2. The summed E-state index contributed by atoms with van der Waals surface area (Å²) in [4.78, 5) is 14.2. The maximum absolute atomic E-state index is 12.4. The molecule has 0 unspecified atom stereocenters. The van der Waals surface area contributed by atoms with Crippen LogP contribution in [0.15, 0.2) is 18.2 Å². The molecule has 4 heteroatoms. The van der Waals surface area contributed by atoms with E-state index in [1.807, 2.05) is 32.0 Å². The van der Waals surface area contributed by atoms with Gasteiger partial charge in [0, 0.05) is 32.3 Å². The van der Waals surface area contributed by atoms with E-state index >= 15 is 0 Å². The molecule has 18 heavy (non-hydrogen) atoms. The van der Waals surface area contributed by atoms with Crippen LogP contribution in [-0.4, -0.2) is 44.2 Å². The second-order valence-corrected chi connectivity index (χ2v) is 4.39. The Bertz CT molecular complexity index is 405. The molecule has 0 radical (unpaired) electrons. The van der Waals surface area contributed by atoms with E-state index < -0.39 is 0 Å². The monoisotopic (exact) mass is 250 g/mol. The van der Waals surface area contributed by atoms with Gasteiger partial charge >= 0.3 is 0 Å². The summed E-state index contributed by atoms with van der Waals surface area (Å²) in [5, 5.41) is 0. The number of hydrogen-bond acceptors (Lipinski definition) is 3. The van der Waals surface area contributed by atoms with Crippen molar-refractivity contribution < 1.29 is 9.53 Å². The molecular formula is C14H22N2O2. The SMILES string of the molecule is COCCN(CCN)C(=O)c1cc(C)ccc1C. The van der Waals surface area contributed by atoms with Gasteiger partial charge in [-0.15, -0.1) is 0 Å². The van der Waals surface area contributed by atoms with Gasteiger partial charge in [-0.3, -0.25) is 4.79 Å². The molecule has 0 saturated heterocycles. The normalized spacial score (nSPS) is 10.4. The Morgan fingerprint density at radius 3 is 2.67 bits per heavy atom. The lowest BCUT2D eigenvalue weighted by atomic mass is 10.0. The average molecular weight is 250 g/mol. The van der Waals surface area contributed by atoms with E-state index in [4.69, 9.17) is 10.5 Å². The first kappa shape index (κ1) is 14.7. The predicted octanol–water partition coefficient (Wildman–Crippen LogP) is 1.35. The zero-order valence-corrected chi connectivity index (χ0v) is 11.4. The van der Waals surface area contributed by atoms with E-state index in [-0.39, 0.29) is 5.91 Å². The van der Waals surface area contributed by atoms with Crippen molar-refractivity contribution in [3.8, 4) is 0 Å². The van der Waals surface area contributed by atoms with E-state index in [9.17, 15) is 4.79 Å². The number of methoxy groups -OCH3 is 1. The summed E-state index contributed by atoms with van der Waals surface area (Å²) in [6.45, 7) is 6.04. The number of rotatable bonds is 6. The van der Waals surface area contributed by atoms with Gasteiger partial charge in [-0.25, -0.2) is 0 Å². The molecule has 1 amide bonds. The number of amides is 1. The molecular weight excluding hydrogens is 228 g/mol. The first-order valence-electron chi connectivity index (χ1n) is 6.15. The molecule has 2 N–H and O–H groups in total. The topological polar surface area (TPSA) is 55.6 Å². The third kappa shape index (κ3) is 3.82. The second-order valence-electron chi connectivity index (χ2n) is 4.39. The van der Waals surface area contributed by atoms with Gasteiger partial charge in [0.1, 0.15) is 0 Å². The number of carbonyl (C=O) groups excluding carboxylic acids is 1. The lowest BCUT2D eigenvalue weighted by Gasteiger charge is -2.22. The molecule has 0 atom stereocenters. The first-order chi connectivity index (χ1) is 8.60. The smallest absolute Gasteiger partial charge is 0.254 e. The third-order valence-corrected chi connectivity index (χ3v) is 2.88. The third-order valence-electron chi connectivity index (χ3n) is 2.88. The number of benzene rings is 1. The van der Waals surface area contributed by atoms with Crippen molar-refractivity contribution >= 4 is 5.91 Å². The highest BCUT2D eigenvalue weighted by Crippen LogP contribution is 2.13. The van der Waals surface area contributed by atoms with Crippen molar-refractivity contribution in [1.29, 1.82) is 0 Å². The van der Waals surface area contributed by atoms with Crippen LogP contribution in [-0.2, 0) is 4.74 Å². The highest BCUT2D eigenvalue weighted by Gasteiger charge is 2.16. The fraction of sp³-hybridized carbons (Fsp3) is 0.500. The minimum Gasteiger partial charge on any atom is -0.383 e. The number of nitrogens with zero attached hydrogens (tertiary/aromatic N) is 1. The minimum absolute atomic E-state index is 0.0266. The Morgan fingerprint density at radius 1 is 1.33 bits per heavy atom. The summed E-state index contributed by atoms with van der Waals surface area (Å²) < 4.78 is 5.02. The number of nitrogens with two attached hydrogens (primary N) is 1. The summed E-state index contributed by atoms with van der Waals surface area (Å²) in [6.07, 6.45) is 0. The number of hydrogen-bond donors (Lipinski definition) is 1. The molecule has 0 spiro atoms. The fourth-order valence-electron chi connectivity index (χ4n) is 1.81. The molecule has 4 nitrogen and oxygen atoms in total. The van der Waals surface area contributed by atoms with Crippen LogP contribution in [0.5, 0.6) is 0 Å². The van der Waals surface area contributed by atoms with Crippen LogP contribution >= 0.6 is 0 Å². The van der Waals surface area contributed by atoms with Crippen LogP contribution in [0.25, 0.3) is 0 Å². The molecule has 1 aromatic rings. The van der Waals surface area contributed by atoms with Crippen molar-refractivity contribution in [3.05, 3.63) is 34.9 Å². The number of ether oxygens (including phenoxy) is 1. The van der Waals surface area contributed by atoms with Crippen LogP contribution in [0.2, 0.25) is 0 Å². The van der Waals surface area contributed by atoms with Gasteiger partial charge in [-0.05, 0) is 25.5 Å². The minimum atomic E-state index is 0.0266. The zero-order valence-electron chi connectivity index (χ0n) is 11.4. The Morgan fingerprint density at radius 2 is 2.06 bits per heavy atom. The molecule has 1 rings (SSSR count). The van der Waals surface area contributed by atoms with Gasteiger partial charge < -0.3 is 15.4 Å². The van der Waals surface area contributed by atoms with Crippen LogP contribution < -0.4 is 5.73 Å². The molecule has 0 bridgehead atoms. The molecule has 0 aromatic heterocycles. The van der Waals surface area contributed by atoms with Gasteiger partial charge in [-0.2, -0.15) is 0 Å². The molecule has 0 aliphatic carbocycles. The van der Waals surface area contributed by atoms with Crippen LogP contribution in [0.3, 0.4) is 0 Å². The molecule has 0 saturated carbocycles. The molecule has 0 aliphatic rings. The predicted molar refractivity (Wildman–Crippen MR) is 72.7 cm³/mol. The lowest BCUT2D eigenvalue weighted by molar-refractivity contribution is 0.0700. The van der Waals surface area contributed by atoms with E-state index in [1.54, 1.807) is 12.0 Å². The molecule has 100 valence electrons. The van der Waals surface area contributed by atoms with Crippen molar-refractivity contribution in [2.24, 2.45) is 5.73 Å². The van der Waals surface area contributed by atoms with Gasteiger partial charge in [0.2, 0.25) is 0 Å². The van der Waals surface area contributed by atoms with Gasteiger partial charge in [-0.1, -0.05) is 17.7 Å². The van der Waals surface area contributed by atoms with Crippen LogP contribution in [0, 0.1) is 13.8 Å². The van der Waals surface area contributed by atoms with Gasteiger partial charge in [0.25, 0.3) is 5.91 Å². The molecule has 0 heterocycles. The van der Waals surface area contributed by atoms with Crippen LogP contribution in [0.4, 0.5) is 0 Å². The Balaban J connectivity index is 2.90. The Kier molecular flexibility index (Phi) is 5.82. The summed E-state index contributed by atoms with van der Waals surface area (Å²) in [5.41, 5.74) is 8.38. The average Bonchev–Trinajstić information content (AvgIpc) is 2.36. The molecule has 1 aromatic carbocycles. The number of carbonyl (C=O) groups is 1. The summed E-state index contributed by atoms with van der Waals surface area (Å²) in [7, 11) is 1.63. The Labute approximate surface area is 109 Å². The largest absolute Gasteiger partial charge is 0.383 e. The van der Waals surface area contributed by atoms with E-state index in [2.05, 4.69) is 0 Å². The zero-order chi connectivity index (χ0) is 13.5. The maximum Gasteiger partial charge on any atom is 0.254 e. The van der Waals surface area contributed by atoms with Crippen molar-refractivity contribution in [2.75, 3.05) is 33.4 Å². The summed E-state index contributed by atoms with van der Waals surface area (Å²) in [5.74, 6) is 0.0266. The maximum atomic E-state index is 12.4. The van der Waals surface area contributed by atoms with Crippen molar-refractivity contribution in [3.63, 3.8) is 0 Å². The lowest BCUT2D eigenvalue weighted by Crippen LogP contribution is -2.38. The Hall–Kier alpha value is -1.39. The quantitative estimate of drug-likeness (QED) is 0.829. The van der Waals surface area contributed by atoms with E-state index in [1.165, 1.54) is 0 Å². The fourth-order valence-corrected chi connectivity index (χ4v) is 1.81. The molecule has 0 aliphatic heterocycles. The molecule has 0 fully saturated rings. The standard InChI is InChI=1S/C14H22N2O2/c1-11-4-5-12(2)13(10-11)14(17)16(7-6-15)8-9-18-3/h4-5,10H,6-9,15H2,1-3H3. The van der Waals surface area contributed by atoms with E-state index in [0.29, 0.717) is 26.2 Å². The van der Waals surface area contributed by atoms with Crippen molar-refractivity contribution in [1.82, 2.24) is 4.90 Å². The summed E-state index contributed by atoms with van der Waals surface area (Å²) >= 11 is 0. The van der Waals surface area contributed by atoms with E-state index in [0.717, 1.165) is 16.7 Å². The van der Waals surface area contributed by atoms with Gasteiger partial charge in [0.15, 0.2) is 0 Å². The second kappa shape index (κ2) is 7.13. The highest BCUT2D eigenvalue weighted by atomic mass is 16.5. The van der Waals surface area contributed by atoms with Gasteiger partial charge in [0.05, 0.1) is 6.61 Å². The summed E-state index contributed by atoms with van der Waals surface area (Å²) in [6, 6.07) is 5.90. The van der Waals surface area contributed by atoms with Crippen LogP contribution in [0.1, 0.15) is 21.5 Å².